The van der Waals surface area contributed by atoms with E-state index < -0.39 is 10.0 Å². The lowest BCUT2D eigenvalue weighted by atomic mass is 9.99. The van der Waals surface area contributed by atoms with Crippen LogP contribution < -0.4 is 10.6 Å². The van der Waals surface area contributed by atoms with Crippen LogP contribution in [0.1, 0.15) is 25.7 Å². The largest absolute Gasteiger partial charge is 0.383 e. The Hall–Kier alpha value is -1.20. The normalized spacial score (nSPS) is 23.3. The first-order chi connectivity index (χ1) is 13.0. The molecular formula is C17H30ClN5O4S. The van der Waals surface area contributed by atoms with Gasteiger partial charge in [0.2, 0.25) is 15.9 Å². The SMILES string of the molecule is COCCn1cc(S(=O)(=O)N2CCCC(CNC(=O)C3CCCN3)C2)cn1.Cl. The number of methoxy groups -OCH3 is 1. The van der Waals surface area contributed by atoms with Gasteiger partial charge in [-0.1, -0.05) is 0 Å². The van der Waals surface area contributed by atoms with Gasteiger partial charge in [0.15, 0.2) is 0 Å². The molecule has 160 valence electrons. The molecule has 2 aliphatic heterocycles. The molecule has 3 rings (SSSR count). The topological polar surface area (TPSA) is 106 Å². The zero-order valence-electron chi connectivity index (χ0n) is 16.2. The van der Waals surface area contributed by atoms with Crippen molar-refractivity contribution in [3.63, 3.8) is 0 Å². The Bertz CT molecular complexity index is 736. The molecule has 2 aliphatic rings. The van der Waals surface area contributed by atoms with E-state index in [0.29, 0.717) is 32.8 Å². The zero-order chi connectivity index (χ0) is 19.3. The van der Waals surface area contributed by atoms with Crippen LogP contribution in [0.5, 0.6) is 0 Å². The van der Waals surface area contributed by atoms with Crippen molar-refractivity contribution in [3.05, 3.63) is 12.4 Å². The molecule has 0 spiro atoms. The first-order valence-electron chi connectivity index (χ1n) is 9.53. The van der Waals surface area contributed by atoms with Crippen molar-refractivity contribution in [3.8, 4) is 0 Å². The Balaban J connectivity index is 0.00000280. The van der Waals surface area contributed by atoms with Gasteiger partial charge in [-0.3, -0.25) is 9.48 Å². The summed E-state index contributed by atoms with van der Waals surface area (Å²) in [7, 11) is -1.98. The van der Waals surface area contributed by atoms with Crippen molar-refractivity contribution in [2.75, 3.05) is 39.9 Å². The van der Waals surface area contributed by atoms with E-state index in [1.807, 2.05) is 0 Å². The molecule has 1 aromatic heterocycles. The zero-order valence-corrected chi connectivity index (χ0v) is 17.8. The Kier molecular flexibility index (Phi) is 8.69. The highest BCUT2D eigenvalue weighted by Gasteiger charge is 2.32. The van der Waals surface area contributed by atoms with Crippen molar-refractivity contribution < 1.29 is 17.9 Å². The van der Waals surface area contributed by atoms with Crippen LogP contribution in [0.4, 0.5) is 0 Å². The number of amides is 1. The quantitative estimate of drug-likeness (QED) is 0.605. The lowest BCUT2D eigenvalue weighted by Crippen LogP contribution is -2.46. The first kappa shape index (κ1) is 23.1. The molecule has 0 radical (unpaired) electrons. The third-order valence-corrected chi connectivity index (χ3v) is 7.01. The fraction of sp³-hybridized carbons (Fsp3) is 0.765. The minimum absolute atomic E-state index is 0. The number of carbonyl (C=O) groups is 1. The van der Waals surface area contributed by atoms with Gasteiger partial charge in [0.1, 0.15) is 4.90 Å². The number of aromatic nitrogens is 2. The second-order valence-corrected chi connectivity index (χ2v) is 9.14. The molecule has 3 heterocycles. The van der Waals surface area contributed by atoms with Crippen LogP contribution >= 0.6 is 12.4 Å². The third-order valence-electron chi connectivity index (χ3n) is 5.20. The fourth-order valence-electron chi connectivity index (χ4n) is 3.62. The van der Waals surface area contributed by atoms with Crippen molar-refractivity contribution in [1.29, 1.82) is 0 Å². The highest BCUT2D eigenvalue weighted by Crippen LogP contribution is 2.23. The summed E-state index contributed by atoms with van der Waals surface area (Å²) in [4.78, 5) is 12.4. The lowest BCUT2D eigenvalue weighted by Gasteiger charge is -2.31. The van der Waals surface area contributed by atoms with E-state index in [1.54, 1.807) is 18.0 Å². The molecule has 11 heteroatoms. The van der Waals surface area contributed by atoms with Crippen LogP contribution in [0.25, 0.3) is 0 Å². The molecule has 28 heavy (non-hydrogen) atoms. The van der Waals surface area contributed by atoms with Crippen molar-refractivity contribution in [2.24, 2.45) is 5.92 Å². The van der Waals surface area contributed by atoms with Crippen molar-refractivity contribution in [2.45, 2.75) is 43.2 Å². The number of piperidine rings is 1. The van der Waals surface area contributed by atoms with Gasteiger partial charge in [-0.05, 0) is 38.1 Å². The highest BCUT2D eigenvalue weighted by atomic mass is 35.5. The predicted molar refractivity (Wildman–Crippen MR) is 107 cm³/mol. The molecule has 1 aromatic rings. The third kappa shape index (κ3) is 5.66. The summed E-state index contributed by atoms with van der Waals surface area (Å²) in [6.45, 7) is 3.30. The Morgan fingerprint density at radius 2 is 2.21 bits per heavy atom. The van der Waals surface area contributed by atoms with Crippen LogP contribution in [-0.4, -0.2) is 74.3 Å². The number of ether oxygens (including phenoxy) is 1. The number of sulfonamides is 1. The molecule has 2 N–H and O–H groups in total. The highest BCUT2D eigenvalue weighted by molar-refractivity contribution is 7.89. The van der Waals surface area contributed by atoms with Gasteiger partial charge in [-0.15, -0.1) is 12.4 Å². The smallest absolute Gasteiger partial charge is 0.246 e. The maximum absolute atomic E-state index is 12.9. The molecular weight excluding hydrogens is 406 g/mol. The number of hydrogen-bond donors (Lipinski definition) is 2. The molecule has 2 fully saturated rings. The van der Waals surface area contributed by atoms with Gasteiger partial charge in [0, 0.05) is 32.9 Å². The molecule has 2 saturated heterocycles. The van der Waals surface area contributed by atoms with E-state index in [4.69, 9.17) is 4.74 Å². The van der Waals surface area contributed by atoms with E-state index in [9.17, 15) is 13.2 Å². The van der Waals surface area contributed by atoms with Crippen molar-refractivity contribution in [1.82, 2.24) is 24.7 Å². The summed E-state index contributed by atoms with van der Waals surface area (Å²) in [5.74, 6) is 0.148. The number of rotatable bonds is 8. The Morgan fingerprint density at radius 1 is 1.39 bits per heavy atom. The second-order valence-electron chi connectivity index (χ2n) is 7.20. The van der Waals surface area contributed by atoms with Gasteiger partial charge >= 0.3 is 0 Å². The lowest BCUT2D eigenvalue weighted by molar-refractivity contribution is -0.123. The Labute approximate surface area is 172 Å². The minimum atomic E-state index is -3.57. The second kappa shape index (κ2) is 10.5. The maximum Gasteiger partial charge on any atom is 0.246 e. The van der Waals surface area contributed by atoms with Crippen LogP contribution in [0.15, 0.2) is 17.3 Å². The predicted octanol–water partition coefficient (Wildman–Crippen LogP) is 0.220. The summed E-state index contributed by atoms with van der Waals surface area (Å²) in [5, 5.41) is 10.3. The van der Waals surface area contributed by atoms with Gasteiger partial charge in [-0.2, -0.15) is 9.40 Å². The standard InChI is InChI=1S/C17H29N5O4S.ClH/c1-26-9-8-21-13-15(11-20-21)27(24,25)22-7-3-4-14(12-22)10-19-17(23)16-5-2-6-18-16;/h11,13-14,16,18H,2-10,12H2,1H3,(H,19,23);1H. The van der Waals surface area contributed by atoms with Gasteiger partial charge in [0.05, 0.1) is 25.4 Å². The molecule has 1 amide bonds. The van der Waals surface area contributed by atoms with Crippen LogP contribution in [0, 0.1) is 5.92 Å². The number of nitrogens with zero attached hydrogens (tertiary/aromatic N) is 3. The van der Waals surface area contributed by atoms with E-state index in [0.717, 1.165) is 32.2 Å². The molecule has 2 atom stereocenters. The van der Waals surface area contributed by atoms with Crippen LogP contribution in [0.3, 0.4) is 0 Å². The van der Waals surface area contributed by atoms with Gasteiger partial charge < -0.3 is 15.4 Å². The monoisotopic (exact) mass is 435 g/mol. The average Bonchev–Trinajstić information content (AvgIpc) is 3.37. The molecule has 0 aromatic carbocycles. The minimum Gasteiger partial charge on any atom is -0.383 e. The van der Waals surface area contributed by atoms with Crippen molar-refractivity contribution >= 4 is 28.3 Å². The summed E-state index contributed by atoms with van der Waals surface area (Å²) in [5.41, 5.74) is 0. The number of carbonyl (C=O) groups excluding carboxylic acids is 1. The molecule has 9 nitrogen and oxygen atoms in total. The number of halogens is 1. The molecule has 0 aliphatic carbocycles. The van der Waals surface area contributed by atoms with E-state index in [1.165, 1.54) is 10.5 Å². The van der Waals surface area contributed by atoms with Crippen LogP contribution in [-0.2, 0) is 26.1 Å². The summed E-state index contributed by atoms with van der Waals surface area (Å²) in [6.07, 6.45) is 6.53. The molecule has 0 bridgehead atoms. The summed E-state index contributed by atoms with van der Waals surface area (Å²) >= 11 is 0. The summed E-state index contributed by atoms with van der Waals surface area (Å²) in [6, 6.07) is -0.105. The fourth-order valence-corrected chi connectivity index (χ4v) is 5.13. The van der Waals surface area contributed by atoms with E-state index in [-0.39, 0.29) is 35.2 Å². The first-order valence-corrected chi connectivity index (χ1v) is 11.0. The van der Waals surface area contributed by atoms with E-state index >= 15 is 0 Å². The maximum atomic E-state index is 12.9. The summed E-state index contributed by atoms with van der Waals surface area (Å²) < 4.78 is 33.9. The number of hydrogen-bond acceptors (Lipinski definition) is 6. The Morgan fingerprint density at radius 3 is 2.93 bits per heavy atom. The average molecular weight is 436 g/mol. The molecule has 0 saturated carbocycles. The van der Waals surface area contributed by atoms with E-state index in [2.05, 4.69) is 15.7 Å². The molecule has 2 unspecified atom stereocenters. The van der Waals surface area contributed by atoms with Crippen LogP contribution in [0.2, 0.25) is 0 Å². The van der Waals surface area contributed by atoms with Gasteiger partial charge in [0.25, 0.3) is 0 Å². The van der Waals surface area contributed by atoms with Gasteiger partial charge in [-0.25, -0.2) is 8.42 Å². The number of nitrogens with one attached hydrogen (secondary N) is 2.